The lowest BCUT2D eigenvalue weighted by atomic mass is 10.1. The highest BCUT2D eigenvalue weighted by molar-refractivity contribution is 5.34. The molecule has 1 unspecified atom stereocenters. The molecule has 0 aliphatic rings. The van der Waals surface area contributed by atoms with Crippen LogP contribution in [0.5, 0.6) is 5.75 Å². The molecule has 1 aromatic heterocycles. The lowest BCUT2D eigenvalue weighted by Crippen LogP contribution is -2.31. The summed E-state index contributed by atoms with van der Waals surface area (Å²) in [7, 11) is 0. The van der Waals surface area contributed by atoms with Crippen LogP contribution < -0.4 is 10.1 Å². The van der Waals surface area contributed by atoms with E-state index >= 15 is 0 Å². The molecule has 0 saturated heterocycles. The predicted molar refractivity (Wildman–Crippen MR) is 82.3 cm³/mol. The maximum Gasteiger partial charge on any atom is 0.122 e. The molecule has 1 aromatic carbocycles. The maximum atomic E-state index is 9.92. The summed E-state index contributed by atoms with van der Waals surface area (Å²) in [5.41, 5.74) is 1.07. The molecule has 0 amide bonds. The molecular formula is C17H21NO3. The quantitative estimate of drug-likeness (QED) is 0.696. The highest BCUT2D eigenvalue weighted by Gasteiger charge is 2.07. The van der Waals surface area contributed by atoms with Gasteiger partial charge in [-0.15, -0.1) is 6.58 Å². The van der Waals surface area contributed by atoms with Gasteiger partial charge in [-0.1, -0.05) is 24.3 Å². The van der Waals surface area contributed by atoms with E-state index in [1.807, 2.05) is 42.5 Å². The van der Waals surface area contributed by atoms with E-state index in [-0.39, 0.29) is 6.61 Å². The molecule has 0 aliphatic carbocycles. The van der Waals surface area contributed by atoms with E-state index in [0.717, 1.165) is 23.5 Å². The SMILES string of the molecule is C=CCc1ccccc1OCC(O)CNCc1ccco1. The molecule has 1 heterocycles. The number of allylic oxidation sites excluding steroid dienone is 1. The van der Waals surface area contributed by atoms with Gasteiger partial charge in [-0.25, -0.2) is 0 Å². The first kappa shape index (κ1) is 15.4. The first-order valence-electron chi connectivity index (χ1n) is 7.02. The molecule has 0 fully saturated rings. The molecular weight excluding hydrogens is 266 g/mol. The fraction of sp³-hybridized carbons (Fsp3) is 0.294. The molecule has 0 spiro atoms. The van der Waals surface area contributed by atoms with Crippen LogP contribution in [0.2, 0.25) is 0 Å². The van der Waals surface area contributed by atoms with Crippen molar-refractivity contribution in [2.24, 2.45) is 0 Å². The van der Waals surface area contributed by atoms with Gasteiger partial charge in [0.1, 0.15) is 24.2 Å². The second-order valence-corrected chi connectivity index (χ2v) is 4.78. The molecule has 1 atom stereocenters. The number of furan rings is 1. The lowest BCUT2D eigenvalue weighted by Gasteiger charge is -2.14. The Morgan fingerprint density at radius 2 is 2.14 bits per heavy atom. The number of aliphatic hydroxyl groups excluding tert-OH is 1. The van der Waals surface area contributed by atoms with Crippen molar-refractivity contribution in [3.63, 3.8) is 0 Å². The van der Waals surface area contributed by atoms with E-state index in [9.17, 15) is 5.11 Å². The van der Waals surface area contributed by atoms with E-state index < -0.39 is 6.10 Å². The standard InChI is InChI=1S/C17H21NO3/c1-2-6-14-7-3-4-9-17(14)21-13-15(19)11-18-12-16-8-5-10-20-16/h2-5,7-10,15,18-19H,1,6,11-13H2. The Balaban J connectivity index is 1.73. The smallest absolute Gasteiger partial charge is 0.122 e. The molecule has 0 saturated carbocycles. The van der Waals surface area contributed by atoms with E-state index in [1.165, 1.54) is 0 Å². The third-order valence-electron chi connectivity index (χ3n) is 3.03. The van der Waals surface area contributed by atoms with E-state index in [1.54, 1.807) is 6.26 Å². The van der Waals surface area contributed by atoms with Gasteiger partial charge in [0.2, 0.25) is 0 Å². The van der Waals surface area contributed by atoms with Gasteiger partial charge in [0.05, 0.1) is 12.8 Å². The summed E-state index contributed by atoms with van der Waals surface area (Å²) in [5.74, 6) is 1.64. The number of para-hydroxylation sites is 1. The fourth-order valence-corrected chi connectivity index (χ4v) is 1.99. The highest BCUT2D eigenvalue weighted by atomic mass is 16.5. The van der Waals surface area contributed by atoms with Gasteiger partial charge in [0.25, 0.3) is 0 Å². The van der Waals surface area contributed by atoms with E-state index in [4.69, 9.17) is 9.15 Å². The zero-order valence-corrected chi connectivity index (χ0v) is 12.0. The molecule has 2 N–H and O–H groups in total. The summed E-state index contributed by atoms with van der Waals surface area (Å²) >= 11 is 0. The molecule has 2 rings (SSSR count). The van der Waals surface area contributed by atoms with Crippen LogP contribution in [0, 0.1) is 0 Å². The Kier molecular flexibility index (Phi) is 6.06. The summed E-state index contributed by atoms with van der Waals surface area (Å²) in [6, 6.07) is 11.5. The van der Waals surface area contributed by atoms with Crippen molar-refractivity contribution in [1.29, 1.82) is 0 Å². The summed E-state index contributed by atoms with van der Waals surface area (Å²) < 4.78 is 10.9. The number of hydrogen-bond donors (Lipinski definition) is 2. The Morgan fingerprint density at radius 3 is 2.90 bits per heavy atom. The lowest BCUT2D eigenvalue weighted by molar-refractivity contribution is 0.105. The maximum absolute atomic E-state index is 9.92. The number of benzene rings is 1. The first-order chi connectivity index (χ1) is 10.3. The molecule has 21 heavy (non-hydrogen) atoms. The van der Waals surface area contributed by atoms with Gasteiger partial charge in [-0.05, 0) is 30.2 Å². The van der Waals surface area contributed by atoms with Gasteiger partial charge >= 0.3 is 0 Å². The van der Waals surface area contributed by atoms with Crippen LogP contribution in [-0.4, -0.2) is 24.4 Å². The highest BCUT2D eigenvalue weighted by Crippen LogP contribution is 2.18. The zero-order chi connectivity index (χ0) is 14.9. The molecule has 4 heteroatoms. The normalized spacial score (nSPS) is 12.0. The number of aliphatic hydroxyl groups is 1. The second-order valence-electron chi connectivity index (χ2n) is 4.78. The van der Waals surface area contributed by atoms with Crippen LogP contribution in [0.4, 0.5) is 0 Å². The minimum absolute atomic E-state index is 0.249. The average molecular weight is 287 g/mol. The Morgan fingerprint density at radius 1 is 1.29 bits per heavy atom. The van der Waals surface area contributed by atoms with E-state index in [2.05, 4.69) is 11.9 Å². The van der Waals surface area contributed by atoms with Crippen LogP contribution in [0.25, 0.3) is 0 Å². The third-order valence-corrected chi connectivity index (χ3v) is 3.03. The van der Waals surface area contributed by atoms with E-state index in [0.29, 0.717) is 13.1 Å². The molecule has 2 aromatic rings. The Hall–Kier alpha value is -2.04. The summed E-state index contributed by atoms with van der Waals surface area (Å²) in [5, 5.41) is 13.0. The third kappa shape index (κ3) is 5.10. The van der Waals surface area contributed by atoms with Crippen LogP contribution in [0.3, 0.4) is 0 Å². The molecule has 0 aliphatic heterocycles. The first-order valence-corrected chi connectivity index (χ1v) is 7.02. The molecule has 0 bridgehead atoms. The van der Waals surface area contributed by atoms with Crippen molar-refractivity contribution < 1.29 is 14.3 Å². The Bertz CT molecular complexity index is 537. The van der Waals surface area contributed by atoms with Gasteiger partial charge in [0.15, 0.2) is 0 Å². The minimum atomic E-state index is -0.572. The van der Waals surface area contributed by atoms with Crippen molar-refractivity contribution in [2.75, 3.05) is 13.2 Å². The summed E-state index contributed by atoms with van der Waals surface area (Å²) in [6.07, 6.45) is 3.65. The molecule has 112 valence electrons. The summed E-state index contributed by atoms with van der Waals surface area (Å²) in [4.78, 5) is 0. The molecule has 0 radical (unpaired) electrons. The predicted octanol–water partition coefficient (Wildman–Crippen LogP) is 2.54. The minimum Gasteiger partial charge on any atom is -0.491 e. The van der Waals surface area contributed by atoms with Crippen molar-refractivity contribution in [3.05, 3.63) is 66.6 Å². The van der Waals surface area contributed by atoms with Gasteiger partial charge < -0.3 is 19.6 Å². The summed E-state index contributed by atoms with van der Waals surface area (Å²) in [6.45, 7) is 5.03. The molecule has 4 nitrogen and oxygen atoms in total. The number of nitrogens with one attached hydrogen (secondary N) is 1. The monoisotopic (exact) mass is 287 g/mol. The largest absolute Gasteiger partial charge is 0.491 e. The van der Waals surface area contributed by atoms with Crippen LogP contribution in [0.1, 0.15) is 11.3 Å². The zero-order valence-electron chi connectivity index (χ0n) is 12.0. The van der Waals surface area contributed by atoms with Crippen molar-refractivity contribution in [3.8, 4) is 5.75 Å². The fourth-order valence-electron chi connectivity index (χ4n) is 1.99. The Labute approximate surface area is 125 Å². The number of rotatable bonds is 9. The van der Waals surface area contributed by atoms with Crippen LogP contribution in [-0.2, 0) is 13.0 Å². The van der Waals surface area contributed by atoms with Gasteiger partial charge in [0, 0.05) is 6.54 Å². The second kappa shape index (κ2) is 8.29. The van der Waals surface area contributed by atoms with Crippen LogP contribution in [0.15, 0.2) is 59.7 Å². The number of hydrogen-bond acceptors (Lipinski definition) is 4. The van der Waals surface area contributed by atoms with Gasteiger partial charge in [-0.3, -0.25) is 0 Å². The topological polar surface area (TPSA) is 54.6 Å². The van der Waals surface area contributed by atoms with Crippen molar-refractivity contribution >= 4 is 0 Å². The number of ether oxygens (including phenoxy) is 1. The average Bonchev–Trinajstić information content (AvgIpc) is 3.00. The van der Waals surface area contributed by atoms with Crippen molar-refractivity contribution in [2.45, 2.75) is 19.1 Å². The van der Waals surface area contributed by atoms with Crippen molar-refractivity contribution in [1.82, 2.24) is 5.32 Å². The van der Waals surface area contributed by atoms with Gasteiger partial charge in [-0.2, -0.15) is 0 Å². The van der Waals surface area contributed by atoms with Crippen LogP contribution >= 0.6 is 0 Å².